The van der Waals surface area contributed by atoms with Gasteiger partial charge in [-0.1, -0.05) is 15.9 Å². The molecule has 70 valence electrons. The number of hydrogen-bond donors (Lipinski definition) is 1. The molecular weight excluding hydrogens is 260 g/mol. The predicted molar refractivity (Wildman–Crippen MR) is 55.6 cm³/mol. The maximum atomic E-state index is 13.1. The molecule has 0 aliphatic heterocycles. The van der Waals surface area contributed by atoms with Crippen molar-refractivity contribution in [2.45, 2.75) is 0 Å². The lowest BCUT2D eigenvalue weighted by molar-refractivity contribution is 0.577. The summed E-state index contributed by atoms with van der Waals surface area (Å²) >= 11 is 6.71. The van der Waals surface area contributed by atoms with Crippen LogP contribution < -0.4 is 0 Å². The van der Waals surface area contributed by atoms with Gasteiger partial charge in [0.2, 0.25) is 0 Å². The number of benzene rings is 1. The fourth-order valence-electron chi connectivity index (χ4n) is 0.871. The Hall–Kier alpha value is -0.420. The highest BCUT2D eigenvalue weighted by molar-refractivity contribution is 9.10. The lowest BCUT2D eigenvalue weighted by Crippen LogP contribution is -2.05. The van der Waals surface area contributed by atoms with Gasteiger partial charge in [0.25, 0.3) is 0 Å². The lowest BCUT2D eigenvalue weighted by atomic mass is 10.1. The van der Waals surface area contributed by atoms with E-state index in [4.69, 9.17) is 0 Å². The van der Waals surface area contributed by atoms with Crippen LogP contribution in [0.15, 0.2) is 27.1 Å². The van der Waals surface area contributed by atoms with E-state index in [1.54, 1.807) is 0 Å². The number of nitrogens with zero attached hydrogens (tertiary/aromatic N) is 1. The van der Waals surface area contributed by atoms with Crippen molar-refractivity contribution in [3.05, 3.63) is 34.1 Å². The van der Waals surface area contributed by atoms with E-state index >= 15 is 0 Å². The molecule has 0 spiro atoms. The van der Waals surface area contributed by atoms with Crippen molar-refractivity contribution in [2.75, 3.05) is 6.67 Å². The van der Waals surface area contributed by atoms with E-state index in [2.05, 4.69) is 33.1 Å². The molecule has 0 radical (unpaired) electrons. The summed E-state index contributed by atoms with van der Waals surface area (Å²) in [6.45, 7) is -0.836. The first-order valence-electron chi connectivity index (χ1n) is 3.41. The molecule has 0 saturated heterocycles. The lowest BCUT2D eigenvalue weighted by Gasteiger charge is -2.02. The van der Waals surface area contributed by atoms with Gasteiger partial charge < -0.3 is 0 Å². The third kappa shape index (κ3) is 2.51. The molecule has 1 aromatic carbocycles. The van der Waals surface area contributed by atoms with E-state index in [-0.39, 0.29) is 11.3 Å². The van der Waals surface area contributed by atoms with Crippen LogP contribution in [0.1, 0.15) is 5.56 Å². The molecule has 0 N–H and O–H groups in total. The molecular formula is C8H6BrF2NS. The number of hydrogen-bond acceptors (Lipinski definition) is 2. The summed E-state index contributed by atoms with van der Waals surface area (Å²) in [5.74, 6) is -0.506. The summed E-state index contributed by atoms with van der Waals surface area (Å²) in [5.41, 5.74) is 0.119. The second-order valence-electron chi connectivity index (χ2n) is 2.30. The predicted octanol–water partition coefficient (Wildman–Crippen LogP) is 3.19. The van der Waals surface area contributed by atoms with Gasteiger partial charge in [-0.3, -0.25) is 0 Å². The second kappa shape index (κ2) is 4.72. The van der Waals surface area contributed by atoms with Crippen LogP contribution >= 0.6 is 28.7 Å². The van der Waals surface area contributed by atoms with Gasteiger partial charge in [0.1, 0.15) is 12.5 Å². The maximum Gasteiger partial charge on any atom is 0.133 e. The third-order valence-corrected chi connectivity index (χ3v) is 2.22. The van der Waals surface area contributed by atoms with Crippen molar-refractivity contribution < 1.29 is 8.78 Å². The molecule has 0 bridgehead atoms. The Kier molecular flexibility index (Phi) is 3.87. The van der Waals surface area contributed by atoms with E-state index in [9.17, 15) is 8.78 Å². The maximum absolute atomic E-state index is 13.1. The highest BCUT2D eigenvalue weighted by atomic mass is 79.9. The monoisotopic (exact) mass is 265 g/mol. The molecule has 0 aliphatic carbocycles. The molecule has 1 aromatic rings. The van der Waals surface area contributed by atoms with Crippen LogP contribution in [0.5, 0.6) is 0 Å². The molecule has 0 fully saturated rings. The first-order chi connectivity index (χ1) is 6.19. The summed E-state index contributed by atoms with van der Waals surface area (Å²) in [4.78, 5) is 0. The Morgan fingerprint density at radius 2 is 2.23 bits per heavy atom. The van der Waals surface area contributed by atoms with E-state index in [0.717, 1.165) is 0 Å². The third-order valence-electron chi connectivity index (χ3n) is 1.49. The molecule has 0 saturated carbocycles. The first-order valence-corrected chi connectivity index (χ1v) is 4.60. The minimum absolute atomic E-state index is 0.0119. The highest BCUT2D eigenvalue weighted by Gasteiger charge is 2.09. The molecule has 0 heterocycles. The largest absolute Gasteiger partial charge is 0.244 e. The normalized spacial score (nSPS) is 11.8. The number of rotatable bonds is 2. The van der Waals surface area contributed by atoms with Crippen LogP contribution in [0.25, 0.3) is 0 Å². The van der Waals surface area contributed by atoms with Gasteiger partial charge in [-0.25, -0.2) is 13.2 Å². The van der Waals surface area contributed by atoms with E-state index in [1.807, 2.05) is 0 Å². The number of thiol groups is 1. The van der Waals surface area contributed by atoms with E-state index in [0.29, 0.717) is 4.47 Å². The summed E-state index contributed by atoms with van der Waals surface area (Å²) in [6.07, 6.45) is 0. The zero-order chi connectivity index (χ0) is 9.84. The minimum atomic E-state index is -0.836. The summed E-state index contributed by atoms with van der Waals surface area (Å²) in [7, 11) is 0. The highest BCUT2D eigenvalue weighted by Crippen LogP contribution is 2.16. The van der Waals surface area contributed by atoms with Crippen molar-refractivity contribution in [3.8, 4) is 0 Å². The van der Waals surface area contributed by atoms with Gasteiger partial charge in [0, 0.05) is 10.0 Å². The van der Waals surface area contributed by atoms with Crippen molar-refractivity contribution >= 4 is 34.5 Å². The zero-order valence-electron chi connectivity index (χ0n) is 6.47. The van der Waals surface area contributed by atoms with Crippen molar-refractivity contribution in [1.82, 2.24) is 0 Å². The Bertz CT molecular complexity index is 341. The Morgan fingerprint density at radius 3 is 2.77 bits per heavy atom. The molecule has 0 aliphatic rings. The Balaban J connectivity index is 3.19. The number of alkyl halides is 1. The smallest absolute Gasteiger partial charge is 0.133 e. The van der Waals surface area contributed by atoms with Gasteiger partial charge >= 0.3 is 0 Å². The van der Waals surface area contributed by atoms with Crippen LogP contribution in [0.2, 0.25) is 0 Å². The molecule has 0 aromatic heterocycles. The summed E-state index contributed by atoms with van der Waals surface area (Å²) in [6, 6.07) is 4.24. The van der Waals surface area contributed by atoms with Crippen LogP contribution in [-0.4, -0.2) is 12.4 Å². The van der Waals surface area contributed by atoms with Gasteiger partial charge in [0.05, 0.1) is 5.71 Å². The zero-order valence-corrected chi connectivity index (χ0v) is 8.95. The molecule has 1 nitrogen and oxygen atoms in total. The molecule has 13 heavy (non-hydrogen) atoms. The number of halogens is 3. The van der Waals surface area contributed by atoms with E-state index in [1.165, 1.54) is 18.2 Å². The standard InChI is InChI=1S/C8H6BrF2NS/c9-5-1-2-7(11)6(3-5)8(4-10)12-13/h1-3,13H,4H2/b12-8+. The summed E-state index contributed by atoms with van der Waals surface area (Å²) < 4.78 is 29.4. The van der Waals surface area contributed by atoms with Crippen LogP contribution in [-0.2, 0) is 0 Å². The van der Waals surface area contributed by atoms with Gasteiger partial charge in [-0.2, -0.15) is 0 Å². The molecule has 0 atom stereocenters. The van der Waals surface area contributed by atoms with Crippen molar-refractivity contribution in [3.63, 3.8) is 0 Å². The Labute approximate surface area is 88.5 Å². The molecule has 0 unspecified atom stereocenters. The van der Waals surface area contributed by atoms with Gasteiger partial charge in [0.15, 0.2) is 0 Å². The summed E-state index contributed by atoms with van der Waals surface area (Å²) in [5, 5.41) is 0. The van der Waals surface area contributed by atoms with Gasteiger partial charge in [-0.15, -0.1) is 0 Å². The Morgan fingerprint density at radius 1 is 1.54 bits per heavy atom. The van der Waals surface area contributed by atoms with Crippen LogP contribution in [0.4, 0.5) is 8.78 Å². The van der Waals surface area contributed by atoms with Gasteiger partial charge in [-0.05, 0) is 31.0 Å². The first kappa shape index (κ1) is 10.7. The van der Waals surface area contributed by atoms with Crippen LogP contribution in [0.3, 0.4) is 0 Å². The molecule has 1 rings (SSSR count). The molecule has 5 heteroatoms. The average Bonchev–Trinajstić information content (AvgIpc) is 2.13. The SMILES string of the molecule is FC/C(=N\S)c1cc(Br)ccc1F. The molecule has 0 amide bonds. The quantitative estimate of drug-likeness (QED) is 0.623. The topological polar surface area (TPSA) is 12.4 Å². The average molecular weight is 266 g/mol. The fraction of sp³-hybridized carbons (Fsp3) is 0.125. The van der Waals surface area contributed by atoms with Crippen molar-refractivity contribution in [1.29, 1.82) is 0 Å². The minimum Gasteiger partial charge on any atom is -0.244 e. The van der Waals surface area contributed by atoms with E-state index < -0.39 is 12.5 Å². The van der Waals surface area contributed by atoms with Crippen LogP contribution in [0, 0.1) is 5.82 Å². The fourth-order valence-corrected chi connectivity index (χ4v) is 1.39. The second-order valence-corrected chi connectivity index (χ2v) is 3.42. The van der Waals surface area contributed by atoms with Crippen molar-refractivity contribution in [2.24, 2.45) is 4.40 Å².